The summed E-state index contributed by atoms with van der Waals surface area (Å²) in [5.74, 6) is -0.668. The van der Waals surface area contributed by atoms with Gasteiger partial charge in [0.05, 0.1) is 12.7 Å². The quantitative estimate of drug-likeness (QED) is 0.792. The standard InChI is InChI=1S/C18H18BrFN2O3/c1-3-22(18(24)15-9-12(20)7-8-16(15)19)11-17(23)21-13-5-4-6-14(10-13)25-2/h4-10H,3,11H2,1-2H3,(H,21,23). The minimum Gasteiger partial charge on any atom is -0.497 e. The van der Waals surface area contributed by atoms with Crippen LogP contribution in [0.4, 0.5) is 10.1 Å². The molecule has 2 aromatic carbocycles. The largest absolute Gasteiger partial charge is 0.497 e. The number of nitrogens with one attached hydrogen (secondary N) is 1. The highest BCUT2D eigenvalue weighted by molar-refractivity contribution is 9.10. The van der Waals surface area contributed by atoms with Gasteiger partial charge in [0.25, 0.3) is 5.91 Å². The highest BCUT2D eigenvalue weighted by Gasteiger charge is 2.20. The maximum absolute atomic E-state index is 13.4. The first-order valence-corrected chi connectivity index (χ1v) is 8.42. The highest BCUT2D eigenvalue weighted by atomic mass is 79.9. The molecule has 0 atom stereocenters. The molecule has 0 bridgehead atoms. The predicted octanol–water partition coefficient (Wildman–Crippen LogP) is 3.70. The van der Waals surface area contributed by atoms with E-state index in [1.807, 2.05) is 0 Å². The van der Waals surface area contributed by atoms with Crippen molar-refractivity contribution in [2.75, 3.05) is 25.5 Å². The van der Waals surface area contributed by atoms with Crippen molar-refractivity contribution in [1.82, 2.24) is 4.90 Å². The summed E-state index contributed by atoms with van der Waals surface area (Å²) < 4.78 is 19.0. The van der Waals surface area contributed by atoms with Crippen LogP contribution >= 0.6 is 15.9 Å². The van der Waals surface area contributed by atoms with Crippen LogP contribution < -0.4 is 10.1 Å². The average molecular weight is 409 g/mol. The molecule has 0 heterocycles. The van der Waals surface area contributed by atoms with E-state index in [0.717, 1.165) is 6.07 Å². The van der Waals surface area contributed by atoms with Gasteiger partial charge in [0, 0.05) is 22.8 Å². The maximum atomic E-state index is 13.4. The number of benzene rings is 2. The summed E-state index contributed by atoms with van der Waals surface area (Å²) in [5.41, 5.74) is 0.746. The van der Waals surface area contributed by atoms with Gasteiger partial charge in [-0.05, 0) is 53.2 Å². The number of methoxy groups -OCH3 is 1. The SMILES string of the molecule is CCN(CC(=O)Nc1cccc(OC)c1)C(=O)c1cc(F)ccc1Br. The summed E-state index contributed by atoms with van der Waals surface area (Å²) in [6.07, 6.45) is 0. The molecular weight excluding hydrogens is 391 g/mol. The van der Waals surface area contributed by atoms with Crippen LogP contribution in [0.15, 0.2) is 46.9 Å². The summed E-state index contributed by atoms with van der Waals surface area (Å²) in [5, 5.41) is 2.72. The number of carbonyl (C=O) groups excluding carboxylic acids is 2. The lowest BCUT2D eigenvalue weighted by Gasteiger charge is -2.21. The van der Waals surface area contributed by atoms with E-state index in [4.69, 9.17) is 4.74 Å². The van der Waals surface area contributed by atoms with Gasteiger partial charge in [-0.25, -0.2) is 4.39 Å². The van der Waals surface area contributed by atoms with Gasteiger partial charge in [0.2, 0.25) is 5.91 Å². The molecule has 0 aliphatic carbocycles. The molecular formula is C18H18BrFN2O3. The van der Waals surface area contributed by atoms with Crippen molar-refractivity contribution in [3.05, 3.63) is 58.3 Å². The molecule has 0 aromatic heterocycles. The zero-order valence-corrected chi connectivity index (χ0v) is 15.5. The number of hydrogen-bond acceptors (Lipinski definition) is 3. The van der Waals surface area contributed by atoms with Gasteiger partial charge in [0.15, 0.2) is 0 Å². The number of amides is 2. The summed E-state index contributed by atoms with van der Waals surface area (Å²) in [6, 6.07) is 10.8. The number of rotatable bonds is 6. The summed E-state index contributed by atoms with van der Waals surface area (Å²) in [6.45, 7) is 1.92. The predicted molar refractivity (Wildman–Crippen MR) is 97.3 cm³/mol. The van der Waals surface area contributed by atoms with Crippen molar-refractivity contribution >= 4 is 33.4 Å². The van der Waals surface area contributed by atoms with E-state index < -0.39 is 11.7 Å². The molecule has 1 N–H and O–H groups in total. The summed E-state index contributed by atoms with van der Waals surface area (Å²) >= 11 is 3.24. The van der Waals surface area contributed by atoms with E-state index in [1.165, 1.54) is 24.1 Å². The lowest BCUT2D eigenvalue weighted by molar-refractivity contribution is -0.116. The first-order valence-electron chi connectivity index (χ1n) is 7.62. The van der Waals surface area contributed by atoms with Crippen LogP contribution in [0.2, 0.25) is 0 Å². The number of nitrogens with zero attached hydrogens (tertiary/aromatic N) is 1. The molecule has 132 valence electrons. The minimum atomic E-state index is -0.511. The molecule has 0 unspecified atom stereocenters. The Morgan fingerprint density at radius 3 is 2.68 bits per heavy atom. The maximum Gasteiger partial charge on any atom is 0.255 e. The van der Waals surface area contributed by atoms with Crippen molar-refractivity contribution in [2.24, 2.45) is 0 Å². The van der Waals surface area contributed by atoms with Gasteiger partial charge < -0.3 is 15.0 Å². The van der Waals surface area contributed by atoms with Crippen molar-refractivity contribution in [3.63, 3.8) is 0 Å². The van der Waals surface area contributed by atoms with Crippen LogP contribution in [-0.2, 0) is 4.79 Å². The molecule has 0 radical (unpaired) electrons. The van der Waals surface area contributed by atoms with Gasteiger partial charge in [-0.15, -0.1) is 0 Å². The Morgan fingerprint density at radius 2 is 2.00 bits per heavy atom. The number of likely N-dealkylation sites (N-methyl/N-ethyl adjacent to an activating group) is 1. The molecule has 25 heavy (non-hydrogen) atoms. The lowest BCUT2D eigenvalue weighted by atomic mass is 10.2. The molecule has 7 heteroatoms. The average Bonchev–Trinajstić information content (AvgIpc) is 2.61. The smallest absolute Gasteiger partial charge is 0.255 e. The van der Waals surface area contributed by atoms with Crippen LogP contribution in [-0.4, -0.2) is 36.9 Å². The van der Waals surface area contributed by atoms with Crippen LogP contribution in [0.3, 0.4) is 0 Å². The summed E-state index contributed by atoms with van der Waals surface area (Å²) in [7, 11) is 1.54. The first-order chi connectivity index (χ1) is 11.9. The Kier molecular flexibility index (Phi) is 6.52. The zero-order chi connectivity index (χ0) is 18.4. The van der Waals surface area contributed by atoms with Crippen LogP contribution in [0.25, 0.3) is 0 Å². The second-order valence-electron chi connectivity index (χ2n) is 5.22. The Bertz CT molecular complexity index is 783. The van der Waals surface area contributed by atoms with Crippen LogP contribution in [0, 0.1) is 5.82 Å². The van der Waals surface area contributed by atoms with Crippen molar-refractivity contribution in [1.29, 1.82) is 0 Å². The normalized spacial score (nSPS) is 10.2. The van der Waals surface area contributed by atoms with Gasteiger partial charge in [-0.3, -0.25) is 9.59 Å². The third-order valence-electron chi connectivity index (χ3n) is 3.52. The Balaban J connectivity index is 2.08. The number of carbonyl (C=O) groups is 2. The van der Waals surface area contributed by atoms with Crippen molar-refractivity contribution < 1.29 is 18.7 Å². The molecule has 0 spiro atoms. The molecule has 2 rings (SSSR count). The second-order valence-corrected chi connectivity index (χ2v) is 6.08. The molecule has 0 saturated carbocycles. The van der Waals surface area contributed by atoms with E-state index in [-0.39, 0.29) is 18.0 Å². The van der Waals surface area contributed by atoms with Gasteiger partial charge in [0.1, 0.15) is 18.1 Å². The van der Waals surface area contributed by atoms with Gasteiger partial charge in [-0.2, -0.15) is 0 Å². The first kappa shape index (κ1) is 18.9. The van der Waals surface area contributed by atoms with Gasteiger partial charge in [-0.1, -0.05) is 6.07 Å². The monoisotopic (exact) mass is 408 g/mol. The zero-order valence-electron chi connectivity index (χ0n) is 13.9. The molecule has 0 fully saturated rings. The minimum absolute atomic E-state index is 0.143. The fourth-order valence-corrected chi connectivity index (χ4v) is 2.65. The fraction of sp³-hybridized carbons (Fsp3) is 0.222. The number of halogens is 2. The molecule has 2 aromatic rings. The van der Waals surface area contributed by atoms with Crippen molar-refractivity contribution in [3.8, 4) is 5.75 Å². The number of hydrogen-bond donors (Lipinski definition) is 1. The van der Waals surface area contributed by atoms with E-state index in [2.05, 4.69) is 21.2 Å². The van der Waals surface area contributed by atoms with Gasteiger partial charge >= 0.3 is 0 Å². The van der Waals surface area contributed by atoms with E-state index >= 15 is 0 Å². The molecule has 0 aliphatic rings. The van der Waals surface area contributed by atoms with Crippen LogP contribution in [0.5, 0.6) is 5.75 Å². The topological polar surface area (TPSA) is 58.6 Å². The second kappa shape index (κ2) is 8.62. The third kappa shape index (κ3) is 5.03. The highest BCUT2D eigenvalue weighted by Crippen LogP contribution is 2.20. The van der Waals surface area contributed by atoms with Crippen LogP contribution in [0.1, 0.15) is 17.3 Å². The summed E-state index contributed by atoms with van der Waals surface area (Å²) in [4.78, 5) is 26.1. The Labute approximate surface area is 153 Å². The third-order valence-corrected chi connectivity index (χ3v) is 4.21. The Hall–Kier alpha value is -2.41. The lowest BCUT2D eigenvalue weighted by Crippen LogP contribution is -2.38. The number of ether oxygens (including phenoxy) is 1. The molecule has 0 aliphatic heterocycles. The molecule has 0 saturated heterocycles. The van der Waals surface area contributed by atoms with E-state index in [1.54, 1.807) is 31.2 Å². The fourth-order valence-electron chi connectivity index (χ4n) is 2.23. The van der Waals surface area contributed by atoms with E-state index in [0.29, 0.717) is 22.5 Å². The molecule has 2 amide bonds. The Morgan fingerprint density at radius 1 is 1.24 bits per heavy atom. The number of anilines is 1. The molecule has 5 nitrogen and oxygen atoms in total. The van der Waals surface area contributed by atoms with Crippen molar-refractivity contribution in [2.45, 2.75) is 6.92 Å². The van der Waals surface area contributed by atoms with E-state index in [9.17, 15) is 14.0 Å².